The molecule has 0 aliphatic rings. The van der Waals surface area contributed by atoms with Crippen LogP contribution in [-0.4, -0.2) is 35.5 Å². The van der Waals surface area contributed by atoms with Crippen molar-refractivity contribution in [2.75, 3.05) is 19.8 Å². The van der Waals surface area contributed by atoms with Gasteiger partial charge in [0.1, 0.15) is 12.4 Å². The highest BCUT2D eigenvalue weighted by atomic mass is 16.5. The largest absolute Gasteiger partial charge is 0.492 e. The molecule has 0 fully saturated rings. The first-order valence-corrected chi connectivity index (χ1v) is 9.87. The predicted octanol–water partition coefficient (Wildman–Crippen LogP) is 4.74. The summed E-state index contributed by atoms with van der Waals surface area (Å²) in [6.07, 6.45) is 0. The Morgan fingerprint density at radius 2 is 1.53 bits per heavy atom. The number of hydrogen-bond acceptors (Lipinski definition) is 4. The van der Waals surface area contributed by atoms with Crippen LogP contribution in [0.5, 0.6) is 17.2 Å². The second-order valence-electron chi connectivity index (χ2n) is 6.76. The van der Waals surface area contributed by atoms with Crippen LogP contribution in [0.1, 0.15) is 6.92 Å². The van der Waals surface area contributed by atoms with Gasteiger partial charge in [0, 0.05) is 27.9 Å². The van der Waals surface area contributed by atoms with Gasteiger partial charge in [0.2, 0.25) is 0 Å². The molecule has 4 aromatic rings. The molecule has 0 bridgehead atoms. The highest BCUT2D eigenvalue weighted by Gasteiger charge is 2.11. The Morgan fingerprint density at radius 3 is 2.17 bits per heavy atom. The van der Waals surface area contributed by atoms with Crippen LogP contribution in [0, 0.1) is 0 Å². The summed E-state index contributed by atoms with van der Waals surface area (Å²) in [7, 11) is 0. The number of rotatable bonds is 9. The molecule has 0 atom stereocenters. The van der Waals surface area contributed by atoms with E-state index in [-0.39, 0.29) is 0 Å². The molecule has 3 aromatic carbocycles. The van der Waals surface area contributed by atoms with Crippen molar-refractivity contribution in [3.05, 3.63) is 66.7 Å². The third-order valence-electron chi connectivity index (χ3n) is 4.83. The van der Waals surface area contributed by atoms with Crippen LogP contribution in [0.4, 0.5) is 0 Å². The minimum Gasteiger partial charge on any atom is -0.492 e. The molecule has 1 heterocycles. The van der Waals surface area contributed by atoms with E-state index >= 15 is 0 Å². The van der Waals surface area contributed by atoms with Crippen LogP contribution in [0.25, 0.3) is 21.8 Å². The van der Waals surface area contributed by atoms with Crippen molar-refractivity contribution in [1.29, 1.82) is 0 Å². The lowest BCUT2D eigenvalue weighted by molar-refractivity contribution is -0.139. The van der Waals surface area contributed by atoms with E-state index < -0.39 is 12.6 Å². The summed E-state index contributed by atoms with van der Waals surface area (Å²) in [4.78, 5) is 10.8. The first-order chi connectivity index (χ1) is 14.7. The lowest BCUT2D eigenvalue weighted by Crippen LogP contribution is -2.11. The average Bonchev–Trinajstić information content (AvgIpc) is 3.08. The number of para-hydroxylation sites is 2. The fraction of sp³-hybridized carbons (Fsp3) is 0.208. The van der Waals surface area contributed by atoms with Crippen LogP contribution in [0.15, 0.2) is 66.7 Å². The third-order valence-corrected chi connectivity index (χ3v) is 4.83. The molecule has 1 N–H and O–H groups in total. The van der Waals surface area contributed by atoms with Crippen LogP contribution in [0.3, 0.4) is 0 Å². The summed E-state index contributed by atoms with van der Waals surface area (Å²) in [5.41, 5.74) is 2.33. The number of ether oxygens (including phenoxy) is 3. The van der Waals surface area contributed by atoms with Gasteiger partial charge in [-0.05, 0) is 31.2 Å². The van der Waals surface area contributed by atoms with Gasteiger partial charge < -0.3 is 23.9 Å². The number of hydrogen-bond donors (Lipinski definition) is 1. The number of carboxylic acids is 1. The summed E-state index contributed by atoms with van der Waals surface area (Å²) >= 11 is 0. The molecule has 0 unspecified atom stereocenters. The highest BCUT2D eigenvalue weighted by Crippen LogP contribution is 2.32. The highest BCUT2D eigenvalue weighted by molar-refractivity contribution is 6.07. The molecule has 1 aromatic heterocycles. The van der Waals surface area contributed by atoms with Crippen LogP contribution < -0.4 is 14.2 Å². The van der Waals surface area contributed by atoms with E-state index in [1.165, 1.54) is 21.8 Å². The fourth-order valence-corrected chi connectivity index (χ4v) is 3.60. The maximum Gasteiger partial charge on any atom is 0.341 e. The van der Waals surface area contributed by atoms with Gasteiger partial charge in [-0.2, -0.15) is 0 Å². The Bertz CT molecular complexity index is 1130. The molecule has 0 saturated carbocycles. The summed E-state index contributed by atoms with van der Waals surface area (Å²) in [6, 6.07) is 21.9. The van der Waals surface area contributed by atoms with Crippen molar-refractivity contribution >= 4 is 27.8 Å². The second-order valence-corrected chi connectivity index (χ2v) is 6.76. The lowest BCUT2D eigenvalue weighted by atomic mass is 10.2. The molecule has 6 nitrogen and oxygen atoms in total. The zero-order valence-electron chi connectivity index (χ0n) is 16.7. The van der Waals surface area contributed by atoms with Crippen molar-refractivity contribution in [2.45, 2.75) is 13.5 Å². The molecule has 0 spiro atoms. The molecule has 6 heteroatoms. The van der Waals surface area contributed by atoms with E-state index in [1.807, 2.05) is 31.2 Å². The van der Waals surface area contributed by atoms with E-state index in [0.717, 1.165) is 0 Å². The van der Waals surface area contributed by atoms with Crippen molar-refractivity contribution in [2.24, 2.45) is 0 Å². The van der Waals surface area contributed by atoms with E-state index in [2.05, 4.69) is 28.8 Å². The molecule has 30 heavy (non-hydrogen) atoms. The number of carboxylic acid groups (broad SMARTS) is 1. The maximum absolute atomic E-state index is 10.8. The number of nitrogens with zero attached hydrogens (tertiary/aromatic N) is 1. The van der Waals surface area contributed by atoms with Gasteiger partial charge in [0.05, 0.1) is 13.2 Å². The van der Waals surface area contributed by atoms with Gasteiger partial charge in [-0.1, -0.05) is 36.4 Å². The smallest absolute Gasteiger partial charge is 0.341 e. The molecule has 0 aliphatic carbocycles. The molecule has 0 saturated heterocycles. The third kappa shape index (κ3) is 4.03. The summed E-state index contributed by atoms with van der Waals surface area (Å²) in [5, 5.41) is 11.3. The molecule has 4 rings (SSSR count). The Hall–Kier alpha value is -3.67. The molecule has 0 aliphatic heterocycles. The summed E-state index contributed by atoms with van der Waals surface area (Å²) < 4.78 is 19.1. The van der Waals surface area contributed by atoms with E-state index in [9.17, 15) is 4.79 Å². The van der Waals surface area contributed by atoms with E-state index in [1.54, 1.807) is 18.2 Å². The number of fused-ring (bicyclic) bond motifs is 3. The average molecular weight is 405 g/mol. The standard InChI is InChI=1S/C24H23NO5/c1-2-28-22-12-11-17(15-23(22)30-16-24(26)27)29-14-13-25-20-9-5-3-7-18(20)19-8-4-6-10-21(19)25/h3-12,15H,2,13-14,16H2,1H3,(H,26,27). The second kappa shape index (κ2) is 8.78. The molecule has 154 valence electrons. The SMILES string of the molecule is CCOc1ccc(OCCn2c3ccccc3c3ccccc32)cc1OCC(=O)O. The van der Waals surface area contributed by atoms with Crippen LogP contribution >= 0.6 is 0 Å². The number of aromatic nitrogens is 1. The monoisotopic (exact) mass is 405 g/mol. The van der Waals surface area contributed by atoms with Crippen molar-refractivity contribution < 1.29 is 24.1 Å². The maximum atomic E-state index is 10.8. The zero-order valence-corrected chi connectivity index (χ0v) is 16.7. The van der Waals surface area contributed by atoms with Crippen LogP contribution in [-0.2, 0) is 11.3 Å². The van der Waals surface area contributed by atoms with Crippen molar-refractivity contribution in [3.63, 3.8) is 0 Å². The minimum absolute atomic E-state index is 0.355. The first kappa shape index (κ1) is 19.6. The van der Waals surface area contributed by atoms with Gasteiger partial charge >= 0.3 is 5.97 Å². The Kier molecular flexibility index (Phi) is 5.75. The topological polar surface area (TPSA) is 69.9 Å². The van der Waals surface area contributed by atoms with E-state index in [4.69, 9.17) is 19.3 Å². The van der Waals surface area contributed by atoms with Gasteiger partial charge in [0.15, 0.2) is 18.1 Å². The zero-order chi connectivity index (χ0) is 20.9. The van der Waals surface area contributed by atoms with Gasteiger partial charge in [-0.25, -0.2) is 4.79 Å². The molecule has 0 amide bonds. The van der Waals surface area contributed by atoms with Crippen LogP contribution in [0.2, 0.25) is 0 Å². The number of aliphatic carboxylic acids is 1. The Labute approximate surface area is 174 Å². The van der Waals surface area contributed by atoms with Gasteiger partial charge in [0.25, 0.3) is 0 Å². The molecule has 0 radical (unpaired) electrons. The normalized spacial score (nSPS) is 11.0. The van der Waals surface area contributed by atoms with Crippen molar-refractivity contribution in [3.8, 4) is 17.2 Å². The lowest BCUT2D eigenvalue weighted by Gasteiger charge is -2.14. The first-order valence-electron chi connectivity index (χ1n) is 9.87. The summed E-state index contributed by atoms with van der Waals surface area (Å²) in [5.74, 6) is 0.400. The number of benzene rings is 3. The fourth-order valence-electron chi connectivity index (χ4n) is 3.60. The Morgan fingerprint density at radius 1 is 0.867 bits per heavy atom. The van der Waals surface area contributed by atoms with Crippen molar-refractivity contribution in [1.82, 2.24) is 4.57 Å². The quantitative estimate of drug-likeness (QED) is 0.436. The van der Waals surface area contributed by atoms with E-state index in [0.29, 0.717) is 37.0 Å². The molecular formula is C24H23NO5. The Balaban J connectivity index is 1.53. The predicted molar refractivity (Wildman–Crippen MR) is 116 cm³/mol. The molecular weight excluding hydrogens is 382 g/mol. The summed E-state index contributed by atoms with van der Waals surface area (Å²) in [6.45, 7) is 3.00. The number of carbonyl (C=O) groups is 1. The van der Waals surface area contributed by atoms with Gasteiger partial charge in [-0.15, -0.1) is 0 Å². The van der Waals surface area contributed by atoms with Gasteiger partial charge in [-0.3, -0.25) is 0 Å². The minimum atomic E-state index is -1.05.